The van der Waals surface area contributed by atoms with Crippen molar-refractivity contribution in [1.29, 1.82) is 0 Å². The molecule has 0 saturated heterocycles. The Labute approximate surface area is 114 Å². The molecule has 3 N–H and O–H groups in total. The minimum absolute atomic E-state index is 0.0196. The molecule has 2 rings (SSSR count). The van der Waals surface area contributed by atoms with Crippen LogP contribution in [0.2, 0.25) is 0 Å². The third-order valence-electron chi connectivity index (χ3n) is 2.75. The van der Waals surface area contributed by atoms with Crippen molar-refractivity contribution in [3.05, 3.63) is 41.0 Å². The molecule has 0 spiro atoms. The number of aromatic nitrogens is 1. The molecular formula is C13H14N2O3S. The maximum atomic E-state index is 10.4. The van der Waals surface area contributed by atoms with Gasteiger partial charge in [0, 0.05) is 0 Å². The molecule has 1 heterocycles. The topological polar surface area (TPSA) is 82.5 Å². The molecule has 0 radical (unpaired) electrons. The van der Waals surface area contributed by atoms with Gasteiger partial charge < -0.3 is 15.5 Å². The first-order valence-corrected chi connectivity index (χ1v) is 6.61. The SMILES string of the molecule is Cc1ncsc1-c1ccc([C@@H](O)CNC(=O)O)cc1. The van der Waals surface area contributed by atoms with Gasteiger partial charge in [0.15, 0.2) is 0 Å². The van der Waals surface area contributed by atoms with Gasteiger partial charge in [-0.3, -0.25) is 0 Å². The lowest BCUT2D eigenvalue weighted by Gasteiger charge is -2.11. The monoisotopic (exact) mass is 278 g/mol. The molecular weight excluding hydrogens is 264 g/mol. The largest absolute Gasteiger partial charge is 0.465 e. The number of nitrogens with zero attached hydrogens (tertiary/aromatic N) is 1. The maximum absolute atomic E-state index is 10.4. The summed E-state index contributed by atoms with van der Waals surface area (Å²) < 4.78 is 0. The van der Waals surface area contributed by atoms with Crippen LogP contribution in [0.1, 0.15) is 17.4 Å². The molecule has 5 nitrogen and oxygen atoms in total. The Morgan fingerprint density at radius 2 is 2.11 bits per heavy atom. The Bertz CT molecular complexity index is 566. The molecule has 1 atom stereocenters. The van der Waals surface area contributed by atoms with E-state index in [0.717, 1.165) is 16.1 Å². The molecule has 100 valence electrons. The first-order valence-electron chi connectivity index (χ1n) is 5.73. The van der Waals surface area contributed by atoms with Crippen molar-refractivity contribution in [2.45, 2.75) is 13.0 Å². The molecule has 1 amide bonds. The molecule has 0 aliphatic rings. The summed E-state index contributed by atoms with van der Waals surface area (Å²) in [5.74, 6) is 0. The van der Waals surface area contributed by atoms with Crippen molar-refractivity contribution in [2.24, 2.45) is 0 Å². The molecule has 2 aromatic rings. The van der Waals surface area contributed by atoms with Gasteiger partial charge in [-0.1, -0.05) is 24.3 Å². The molecule has 0 saturated carbocycles. The van der Waals surface area contributed by atoms with Crippen LogP contribution in [0.3, 0.4) is 0 Å². The number of aryl methyl sites for hydroxylation is 1. The number of aliphatic hydroxyl groups is 1. The van der Waals surface area contributed by atoms with E-state index < -0.39 is 12.2 Å². The zero-order valence-electron chi connectivity index (χ0n) is 10.3. The number of hydrogen-bond acceptors (Lipinski definition) is 4. The molecule has 0 fully saturated rings. The highest BCUT2D eigenvalue weighted by molar-refractivity contribution is 7.13. The van der Waals surface area contributed by atoms with Crippen LogP contribution in [0.4, 0.5) is 4.79 Å². The Hall–Kier alpha value is -1.92. The zero-order chi connectivity index (χ0) is 13.8. The second kappa shape index (κ2) is 5.81. The molecule has 1 aromatic heterocycles. The average molecular weight is 278 g/mol. The molecule has 1 aromatic carbocycles. The normalized spacial score (nSPS) is 12.1. The summed E-state index contributed by atoms with van der Waals surface area (Å²) in [6.45, 7) is 1.93. The third kappa shape index (κ3) is 3.30. The van der Waals surface area contributed by atoms with Gasteiger partial charge >= 0.3 is 6.09 Å². The molecule has 0 unspecified atom stereocenters. The summed E-state index contributed by atoms with van der Waals surface area (Å²) in [7, 11) is 0. The van der Waals surface area contributed by atoms with E-state index in [0.29, 0.717) is 5.56 Å². The standard InChI is InChI=1S/C13H14N2O3S/c1-8-12(19-7-15-8)10-4-2-9(3-5-10)11(16)6-14-13(17)18/h2-5,7,11,14,16H,6H2,1H3,(H,17,18)/t11-/m0/s1. The molecule has 19 heavy (non-hydrogen) atoms. The third-order valence-corrected chi connectivity index (χ3v) is 3.73. The van der Waals surface area contributed by atoms with Gasteiger partial charge in [0.2, 0.25) is 0 Å². The lowest BCUT2D eigenvalue weighted by molar-refractivity contribution is 0.159. The van der Waals surface area contributed by atoms with E-state index in [1.54, 1.807) is 29.0 Å². The summed E-state index contributed by atoms with van der Waals surface area (Å²) in [4.78, 5) is 15.6. The van der Waals surface area contributed by atoms with Gasteiger partial charge in [-0.2, -0.15) is 0 Å². The Balaban J connectivity index is 2.10. The van der Waals surface area contributed by atoms with Gasteiger partial charge in [0.25, 0.3) is 0 Å². The van der Waals surface area contributed by atoms with Crippen molar-refractivity contribution >= 4 is 17.4 Å². The summed E-state index contributed by atoms with van der Waals surface area (Å²) >= 11 is 1.57. The van der Waals surface area contributed by atoms with E-state index in [2.05, 4.69) is 10.3 Å². The van der Waals surface area contributed by atoms with Crippen molar-refractivity contribution in [3.63, 3.8) is 0 Å². The van der Waals surface area contributed by atoms with Gasteiger partial charge in [0.1, 0.15) is 0 Å². The summed E-state index contributed by atoms with van der Waals surface area (Å²) in [5, 5.41) is 20.4. The van der Waals surface area contributed by atoms with Gasteiger partial charge in [-0.25, -0.2) is 9.78 Å². The average Bonchev–Trinajstić information content (AvgIpc) is 2.82. The van der Waals surface area contributed by atoms with Crippen LogP contribution >= 0.6 is 11.3 Å². The number of carboxylic acid groups (broad SMARTS) is 1. The number of amides is 1. The fourth-order valence-corrected chi connectivity index (χ4v) is 2.55. The second-order valence-electron chi connectivity index (χ2n) is 4.09. The number of aliphatic hydroxyl groups excluding tert-OH is 1. The van der Waals surface area contributed by atoms with E-state index in [1.165, 1.54) is 0 Å². The second-order valence-corrected chi connectivity index (χ2v) is 4.95. The fraction of sp³-hybridized carbons (Fsp3) is 0.231. The van der Waals surface area contributed by atoms with Crippen LogP contribution in [0.25, 0.3) is 10.4 Å². The first kappa shape index (κ1) is 13.5. The molecule has 0 aliphatic carbocycles. The van der Waals surface area contributed by atoms with Crippen LogP contribution in [0.15, 0.2) is 29.8 Å². The molecule has 0 bridgehead atoms. The predicted octanol–water partition coefficient (Wildman–Crippen LogP) is 2.42. The molecule has 0 aliphatic heterocycles. The Morgan fingerprint density at radius 3 is 2.63 bits per heavy atom. The first-order chi connectivity index (χ1) is 9.08. The van der Waals surface area contributed by atoms with Crippen molar-refractivity contribution < 1.29 is 15.0 Å². The minimum Gasteiger partial charge on any atom is -0.465 e. The highest BCUT2D eigenvalue weighted by Crippen LogP contribution is 2.28. The summed E-state index contributed by atoms with van der Waals surface area (Å²) in [5.41, 5.74) is 4.50. The quantitative estimate of drug-likeness (QED) is 0.802. The zero-order valence-corrected chi connectivity index (χ0v) is 11.1. The highest BCUT2D eigenvalue weighted by Gasteiger charge is 2.10. The van der Waals surface area contributed by atoms with E-state index in [1.807, 2.05) is 19.1 Å². The maximum Gasteiger partial charge on any atom is 0.404 e. The van der Waals surface area contributed by atoms with Crippen molar-refractivity contribution in [1.82, 2.24) is 10.3 Å². The van der Waals surface area contributed by atoms with E-state index in [-0.39, 0.29) is 6.54 Å². The number of nitrogens with one attached hydrogen (secondary N) is 1. The predicted molar refractivity (Wildman–Crippen MR) is 73.3 cm³/mol. The summed E-state index contributed by atoms with van der Waals surface area (Å²) in [6.07, 6.45) is -1.98. The van der Waals surface area contributed by atoms with Crippen molar-refractivity contribution in [3.8, 4) is 10.4 Å². The Kier molecular flexibility index (Phi) is 4.13. The van der Waals surface area contributed by atoms with Crippen molar-refractivity contribution in [2.75, 3.05) is 6.54 Å². The number of rotatable bonds is 4. The van der Waals surface area contributed by atoms with E-state index in [9.17, 15) is 9.90 Å². The van der Waals surface area contributed by atoms with Crippen LogP contribution < -0.4 is 5.32 Å². The summed E-state index contributed by atoms with van der Waals surface area (Å²) in [6, 6.07) is 7.39. The Morgan fingerprint density at radius 1 is 1.42 bits per heavy atom. The molecule has 6 heteroatoms. The number of benzene rings is 1. The van der Waals surface area contributed by atoms with E-state index >= 15 is 0 Å². The van der Waals surface area contributed by atoms with E-state index in [4.69, 9.17) is 5.11 Å². The van der Waals surface area contributed by atoms with Gasteiger partial charge in [0.05, 0.1) is 28.7 Å². The highest BCUT2D eigenvalue weighted by atomic mass is 32.1. The van der Waals surface area contributed by atoms with Gasteiger partial charge in [-0.15, -0.1) is 11.3 Å². The number of carbonyl (C=O) groups is 1. The fourth-order valence-electron chi connectivity index (χ4n) is 1.74. The van der Waals surface area contributed by atoms with Crippen LogP contribution in [-0.4, -0.2) is 27.8 Å². The van der Waals surface area contributed by atoms with Gasteiger partial charge in [-0.05, 0) is 18.1 Å². The number of thiazole rings is 1. The van der Waals surface area contributed by atoms with Crippen LogP contribution in [0.5, 0.6) is 0 Å². The van der Waals surface area contributed by atoms with Crippen LogP contribution in [-0.2, 0) is 0 Å². The van der Waals surface area contributed by atoms with Crippen LogP contribution in [0, 0.1) is 6.92 Å². The lowest BCUT2D eigenvalue weighted by Crippen LogP contribution is -2.26. The smallest absolute Gasteiger partial charge is 0.404 e. The number of hydrogen-bond donors (Lipinski definition) is 3. The lowest BCUT2D eigenvalue weighted by atomic mass is 10.1. The minimum atomic E-state index is -1.14.